The van der Waals surface area contributed by atoms with Crippen molar-refractivity contribution < 1.29 is 17.6 Å². The van der Waals surface area contributed by atoms with Gasteiger partial charge in [0, 0.05) is 6.04 Å². The van der Waals surface area contributed by atoms with Gasteiger partial charge >= 0.3 is 6.18 Å². The molecule has 2 N–H and O–H groups in total. The molecule has 6 heteroatoms. The quantitative estimate of drug-likeness (QED) is 0.800. The van der Waals surface area contributed by atoms with E-state index in [0.717, 1.165) is 6.42 Å². The third kappa shape index (κ3) is 3.89. The second-order valence-corrected chi connectivity index (χ2v) is 6.06. The van der Waals surface area contributed by atoms with Crippen LogP contribution in [-0.2, 0) is 6.42 Å². The molecular formula is C15H18ClF4N. The van der Waals surface area contributed by atoms with Gasteiger partial charge in [0.05, 0.1) is 10.9 Å². The highest BCUT2D eigenvalue weighted by Crippen LogP contribution is 2.43. The molecule has 118 valence electrons. The molecule has 3 unspecified atom stereocenters. The molecular weight excluding hydrogens is 306 g/mol. The zero-order valence-corrected chi connectivity index (χ0v) is 12.2. The van der Waals surface area contributed by atoms with E-state index < -0.39 is 29.9 Å². The molecule has 0 radical (unpaired) electrons. The average molecular weight is 324 g/mol. The van der Waals surface area contributed by atoms with Gasteiger partial charge in [-0.15, -0.1) is 0 Å². The van der Waals surface area contributed by atoms with Crippen molar-refractivity contribution in [2.75, 3.05) is 0 Å². The lowest BCUT2D eigenvalue weighted by Gasteiger charge is -2.36. The monoisotopic (exact) mass is 323 g/mol. The Morgan fingerprint density at radius 3 is 2.57 bits per heavy atom. The van der Waals surface area contributed by atoms with E-state index >= 15 is 0 Å². The minimum Gasteiger partial charge on any atom is -0.327 e. The summed E-state index contributed by atoms with van der Waals surface area (Å²) >= 11 is 5.85. The molecule has 0 aliphatic heterocycles. The number of nitrogens with two attached hydrogens (primary N) is 1. The Balaban J connectivity index is 2.14. The minimum atomic E-state index is -4.23. The van der Waals surface area contributed by atoms with Crippen LogP contribution in [0.2, 0.25) is 5.02 Å². The van der Waals surface area contributed by atoms with Crippen LogP contribution in [0.5, 0.6) is 0 Å². The maximum Gasteiger partial charge on any atom is 0.392 e. The molecule has 0 heterocycles. The lowest BCUT2D eigenvalue weighted by atomic mass is 9.73. The van der Waals surface area contributed by atoms with E-state index in [1.165, 1.54) is 12.1 Å². The van der Waals surface area contributed by atoms with Gasteiger partial charge in [-0.05, 0) is 36.8 Å². The van der Waals surface area contributed by atoms with Crippen LogP contribution in [0.4, 0.5) is 17.6 Å². The summed E-state index contributed by atoms with van der Waals surface area (Å²) in [7, 11) is 0. The Morgan fingerprint density at radius 2 is 1.90 bits per heavy atom. The first-order chi connectivity index (χ1) is 9.80. The Morgan fingerprint density at radius 1 is 1.24 bits per heavy atom. The second-order valence-electron chi connectivity index (χ2n) is 5.68. The van der Waals surface area contributed by atoms with Gasteiger partial charge in [-0.3, -0.25) is 0 Å². The van der Waals surface area contributed by atoms with Crippen LogP contribution in [0.15, 0.2) is 18.2 Å². The van der Waals surface area contributed by atoms with E-state index in [4.69, 9.17) is 17.3 Å². The molecule has 2 rings (SSSR count). The SMILES string of the molecule is NC(Cc1cccc(F)c1Cl)C1CCCCC1C(F)(F)F. The first-order valence-corrected chi connectivity index (χ1v) is 7.43. The number of rotatable bonds is 3. The van der Waals surface area contributed by atoms with Gasteiger partial charge in [-0.1, -0.05) is 36.6 Å². The highest BCUT2D eigenvalue weighted by molar-refractivity contribution is 6.31. The maximum atomic E-state index is 13.4. The number of hydrogen-bond donors (Lipinski definition) is 1. The normalized spacial score (nSPS) is 24.9. The number of halogens is 5. The topological polar surface area (TPSA) is 26.0 Å². The standard InChI is InChI=1S/C15H18ClF4N/c16-14-9(4-3-7-12(14)17)8-13(21)10-5-1-2-6-11(10)15(18,19)20/h3-4,7,10-11,13H,1-2,5-6,8,21H2. The Labute approximate surface area is 126 Å². The van der Waals surface area contributed by atoms with Crippen molar-refractivity contribution in [1.29, 1.82) is 0 Å². The molecule has 1 fully saturated rings. The predicted molar refractivity (Wildman–Crippen MR) is 74.6 cm³/mol. The predicted octanol–water partition coefficient (Wildman–Crippen LogP) is 4.72. The van der Waals surface area contributed by atoms with E-state index in [9.17, 15) is 17.6 Å². The molecule has 0 spiro atoms. The Bertz CT molecular complexity index is 489. The summed E-state index contributed by atoms with van der Waals surface area (Å²) < 4.78 is 52.7. The van der Waals surface area contributed by atoms with Crippen LogP contribution in [0.25, 0.3) is 0 Å². The zero-order chi connectivity index (χ0) is 15.6. The van der Waals surface area contributed by atoms with Crippen molar-refractivity contribution in [2.45, 2.75) is 44.3 Å². The number of hydrogen-bond acceptors (Lipinski definition) is 1. The highest BCUT2D eigenvalue weighted by atomic mass is 35.5. The van der Waals surface area contributed by atoms with E-state index in [1.54, 1.807) is 6.07 Å². The van der Waals surface area contributed by atoms with Crippen molar-refractivity contribution in [3.05, 3.63) is 34.6 Å². The molecule has 3 atom stereocenters. The van der Waals surface area contributed by atoms with Crippen molar-refractivity contribution in [2.24, 2.45) is 17.6 Å². The van der Waals surface area contributed by atoms with Crippen LogP contribution in [0.1, 0.15) is 31.2 Å². The first kappa shape index (κ1) is 16.6. The summed E-state index contributed by atoms with van der Waals surface area (Å²) in [6.45, 7) is 0. The van der Waals surface area contributed by atoms with Crippen LogP contribution in [0, 0.1) is 17.7 Å². The van der Waals surface area contributed by atoms with Gasteiger partial charge in [-0.25, -0.2) is 4.39 Å². The summed E-state index contributed by atoms with van der Waals surface area (Å²) in [5.41, 5.74) is 6.47. The summed E-state index contributed by atoms with van der Waals surface area (Å²) in [5.74, 6) is -2.57. The molecule has 1 aliphatic rings. The smallest absolute Gasteiger partial charge is 0.327 e. The largest absolute Gasteiger partial charge is 0.392 e. The Hall–Kier alpha value is -0.810. The van der Waals surface area contributed by atoms with Crippen molar-refractivity contribution >= 4 is 11.6 Å². The number of benzene rings is 1. The molecule has 1 saturated carbocycles. The van der Waals surface area contributed by atoms with Crippen LogP contribution < -0.4 is 5.73 Å². The molecule has 1 aromatic carbocycles. The molecule has 0 amide bonds. The van der Waals surface area contributed by atoms with Crippen LogP contribution in [-0.4, -0.2) is 12.2 Å². The fourth-order valence-electron chi connectivity index (χ4n) is 3.19. The van der Waals surface area contributed by atoms with Crippen molar-refractivity contribution in [1.82, 2.24) is 0 Å². The summed E-state index contributed by atoms with van der Waals surface area (Å²) in [6.07, 6.45) is -2.16. The van der Waals surface area contributed by atoms with Crippen molar-refractivity contribution in [3.63, 3.8) is 0 Å². The van der Waals surface area contributed by atoms with E-state index in [-0.39, 0.29) is 17.9 Å². The third-order valence-corrected chi connectivity index (χ3v) is 4.70. The number of alkyl halides is 3. The van der Waals surface area contributed by atoms with Gasteiger partial charge in [0.15, 0.2) is 0 Å². The van der Waals surface area contributed by atoms with Crippen molar-refractivity contribution in [3.8, 4) is 0 Å². The zero-order valence-electron chi connectivity index (χ0n) is 11.5. The van der Waals surface area contributed by atoms with Crippen LogP contribution >= 0.6 is 11.6 Å². The van der Waals surface area contributed by atoms with E-state index in [2.05, 4.69) is 0 Å². The fraction of sp³-hybridized carbons (Fsp3) is 0.600. The highest BCUT2D eigenvalue weighted by Gasteiger charge is 2.47. The summed E-state index contributed by atoms with van der Waals surface area (Å²) in [6, 6.07) is 3.65. The minimum absolute atomic E-state index is 0.0488. The summed E-state index contributed by atoms with van der Waals surface area (Å²) in [5, 5.41) is -0.0488. The van der Waals surface area contributed by atoms with E-state index in [0.29, 0.717) is 18.4 Å². The van der Waals surface area contributed by atoms with Gasteiger partial charge in [0.25, 0.3) is 0 Å². The molecule has 0 aromatic heterocycles. The maximum absolute atomic E-state index is 13.4. The Kier molecular flexibility index (Phi) is 5.15. The molecule has 21 heavy (non-hydrogen) atoms. The molecule has 1 nitrogen and oxygen atoms in total. The second kappa shape index (κ2) is 6.53. The van der Waals surface area contributed by atoms with Gasteiger partial charge < -0.3 is 5.73 Å². The molecule has 0 bridgehead atoms. The first-order valence-electron chi connectivity index (χ1n) is 7.06. The summed E-state index contributed by atoms with van der Waals surface area (Å²) in [4.78, 5) is 0. The third-order valence-electron chi connectivity index (χ3n) is 4.28. The van der Waals surface area contributed by atoms with Gasteiger partial charge in [0.1, 0.15) is 5.82 Å². The molecule has 1 aliphatic carbocycles. The molecule has 0 saturated heterocycles. The van der Waals surface area contributed by atoms with Gasteiger partial charge in [-0.2, -0.15) is 13.2 Å². The van der Waals surface area contributed by atoms with E-state index in [1.807, 2.05) is 0 Å². The lowest BCUT2D eigenvalue weighted by Crippen LogP contribution is -2.44. The average Bonchev–Trinajstić information content (AvgIpc) is 2.43. The lowest BCUT2D eigenvalue weighted by molar-refractivity contribution is -0.198. The fourth-order valence-corrected chi connectivity index (χ4v) is 3.39. The van der Waals surface area contributed by atoms with Crippen LogP contribution in [0.3, 0.4) is 0 Å². The van der Waals surface area contributed by atoms with Gasteiger partial charge in [0.2, 0.25) is 0 Å². The molecule has 1 aromatic rings.